The number of nitrogens with two attached hydrogens (primary N) is 1. The number of fused-ring (bicyclic) bond motifs is 2. The first kappa shape index (κ1) is 39.2. The zero-order valence-corrected chi connectivity index (χ0v) is 29.3. The number of nitrogens with zero attached hydrogens (tertiary/aromatic N) is 1. The number of hydrogen-bond donors (Lipinski definition) is 6. The Kier molecular flexibility index (Phi) is 15.1. The molecule has 1 heterocycles. The van der Waals surface area contributed by atoms with E-state index in [4.69, 9.17) is 10.5 Å². The minimum absolute atomic E-state index is 0.159. The first-order chi connectivity index (χ1) is 22.8. The van der Waals surface area contributed by atoms with Crippen LogP contribution in [0.25, 0.3) is 0 Å². The average molecular weight is 679 g/mol. The van der Waals surface area contributed by atoms with E-state index >= 15 is 0 Å². The van der Waals surface area contributed by atoms with Crippen molar-refractivity contribution in [3.63, 3.8) is 0 Å². The van der Waals surface area contributed by atoms with Crippen molar-refractivity contribution in [2.75, 3.05) is 20.1 Å². The number of cyclic esters (lactones) is 1. The summed E-state index contributed by atoms with van der Waals surface area (Å²) in [5.74, 6) is -4.15. The van der Waals surface area contributed by atoms with Crippen LogP contribution in [0, 0.1) is 23.7 Å². The fourth-order valence-corrected chi connectivity index (χ4v) is 7.54. The lowest BCUT2D eigenvalue weighted by Gasteiger charge is -2.35. The Labute approximate surface area is 284 Å². The lowest BCUT2D eigenvalue weighted by Crippen LogP contribution is -2.62. The number of unbranched alkanes of at least 4 members (excludes halogenated alkanes) is 3. The third kappa shape index (κ3) is 10.1. The Balaban J connectivity index is 1.99. The molecule has 48 heavy (non-hydrogen) atoms. The molecule has 3 rings (SSSR count). The topological polar surface area (TPSA) is 209 Å². The average Bonchev–Trinajstić information content (AvgIpc) is 3.70. The molecule has 10 atom stereocenters. The van der Waals surface area contributed by atoms with Crippen LogP contribution in [0.4, 0.5) is 0 Å². The van der Waals surface area contributed by atoms with E-state index in [1.165, 1.54) is 11.8 Å². The summed E-state index contributed by atoms with van der Waals surface area (Å²) in [6.07, 6.45) is 6.44. The van der Waals surface area contributed by atoms with Crippen LogP contribution in [-0.4, -0.2) is 102 Å². The number of carbonyl (C=O) groups excluding carboxylic acids is 6. The summed E-state index contributed by atoms with van der Waals surface area (Å²) in [7, 11) is 1.55. The van der Waals surface area contributed by atoms with Crippen LogP contribution in [0.15, 0.2) is 0 Å². The van der Waals surface area contributed by atoms with Crippen LogP contribution in [0.5, 0.6) is 0 Å². The first-order valence-corrected chi connectivity index (χ1v) is 17.9. The molecule has 0 spiro atoms. The number of aliphatic hydroxyl groups is 1. The SMILES string of the molecule is CCCCCC[C@H]1OC(=O)CNC(=O)[C@H]([C@H](C)O)NC(=O)[C@H](CN)NC(=O)C([C@H]2C[C@@H]3CC[C@H]2C3)NC(=O)[C@H](CCC)N(C)C(=O)[C@@H]1C. The minimum Gasteiger partial charge on any atom is -0.460 e. The summed E-state index contributed by atoms with van der Waals surface area (Å²) in [5, 5.41) is 20.8. The molecule has 0 aromatic rings. The number of ether oxygens (including phenoxy) is 1. The van der Waals surface area contributed by atoms with E-state index in [9.17, 15) is 33.9 Å². The summed E-state index contributed by atoms with van der Waals surface area (Å²) in [5.41, 5.74) is 5.90. The van der Waals surface area contributed by atoms with E-state index in [1.54, 1.807) is 14.0 Å². The maximum Gasteiger partial charge on any atom is 0.325 e. The Morgan fingerprint density at radius 1 is 0.896 bits per heavy atom. The molecule has 14 heteroatoms. The Morgan fingerprint density at radius 3 is 2.21 bits per heavy atom. The highest BCUT2D eigenvalue weighted by Gasteiger charge is 2.47. The van der Waals surface area contributed by atoms with Gasteiger partial charge in [0.15, 0.2) is 0 Å². The molecule has 14 nitrogen and oxygen atoms in total. The second-order valence-corrected chi connectivity index (χ2v) is 14.0. The maximum absolute atomic E-state index is 14.0. The molecule has 272 valence electrons. The van der Waals surface area contributed by atoms with E-state index in [2.05, 4.69) is 28.2 Å². The first-order valence-electron chi connectivity index (χ1n) is 17.9. The van der Waals surface area contributed by atoms with E-state index in [0.29, 0.717) is 31.6 Å². The van der Waals surface area contributed by atoms with Crippen molar-refractivity contribution in [3.8, 4) is 0 Å². The standard InChI is InChI=1S/C34H58N6O8/c1-6-8-9-10-12-26-19(3)34(47)40(5)25(11-7-2)31(44)39-29(23-16-21-13-14-22(23)15-21)33(46)37-24(17-35)30(43)38-28(20(4)41)32(45)36-18-27(42)48-26/h19-26,28-29,41H,6-18,35H2,1-5H3,(H,36,45)(H,37,46)(H,38,43)(H,39,44)/t19-,20+,21-,22+,23+,24+,25+,26-,28+,29?/m1/s1. The van der Waals surface area contributed by atoms with Crippen molar-refractivity contribution >= 4 is 35.5 Å². The summed E-state index contributed by atoms with van der Waals surface area (Å²) in [6.45, 7) is 6.06. The van der Waals surface area contributed by atoms with Crippen molar-refractivity contribution in [3.05, 3.63) is 0 Å². The van der Waals surface area contributed by atoms with Crippen LogP contribution in [0.1, 0.15) is 98.3 Å². The van der Waals surface area contributed by atoms with Crippen molar-refractivity contribution < 1.29 is 38.6 Å². The molecule has 2 aliphatic carbocycles. The predicted molar refractivity (Wildman–Crippen MR) is 178 cm³/mol. The molecule has 0 aromatic heterocycles. The molecular formula is C34H58N6O8. The van der Waals surface area contributed by atoms with Crippen LogP contribution in [0.3, 0.4) is 0 Å². The number of aliphatic hydroxyl groups excluding tert-OH is 1. The van der Waals surface area contributed by atoms with Gasteiger partial charge in [0.1, 0.15) is 36.8 Å². The van der Waals surface area contributed by atoms with Crippen molar-refractivity contribution in [2.45, 2.75) is 135 Å². The third-order valence-corrected chi connectivity index (χ3v) is 10.4. The fourth-order valence-electron chi connectivity index (χ4n) is 7.54. The zero-order valence-electron chi connectivity index (χ0n) is 29.3. The highest BCUT2D eigenvalue weighted by Crippen LogP contribution is 2.49. The van der Waals surface area contributed by atoms with Crippen LogP contribution in [0.2, 0.25) is 0 Å². The molecule has 3 fully saturated rings. The van der Waals surface area contributed by atoms with Crippen LogP contribution < -0.4 is 27.0 Å². The van der Waals surface area contributed by atoms with Gasteiger partial charge in [-0.2, -0.15) is 0 Å². The molecule has 1 unspecified atom stereocenters. The summed E-state index contributed by atoms with van der Waals surface area (Å²) < 4.78 is 5.75. The van der Waals surface area contributed by atoms with Crippen LogP contribution in [-0.2, 0) is 33.5 Å². The second-order valence-electron chi connectivity index (χ2n) is 14.0. The number of likely N-dealkylation sites (N-methyl/N-ethyl adjacent to an activating group) is 1. The number of amides is 5. The van der Waals surface area contributed by atoms with E-state index in [0.717, 1.165) is 44.9 Å². The quantitative estimate of drug-likeness (QED) is 0.140. The number of hydrogen-bond acceptors (Lipinski definition) is 9. The van der Waals surface area contributed by atoms with Gasteiger partial charge in [0.05, 0.1) is 12.0 Å². The molecule has 0 radical (unpaired) electrons. The molecule has 5 amide bonds. The molecule has 2 saturated carbocycles. The van der Waals surface area contributed by atoms with Gasteiger partial charge in [-0.05, 0) is 63.2 Å². The molecule has 2 bridgehead atoms. The number of rotatable bonds is 10. The fraction of sp³-hybridized carbons (Fsp3) is 0.824. The van der Waals surface area contributed by atoms with E-state index < -0.39 is 78.4 Å². The van der Waals surface area contributed by atoms with E-state index in [1.807, 2.05) is 6.92 Å². The zero-order chi connectivity index (χ0) is 35.5. The van der Waals surface area contributed by atoms with Gasteiger partial charge in [-0.25, -0.2) is 0 Å². The second kappa shape index (κ2) is 18.5. The predicted octanol–water partition coefficient (Wildman–Crippen LogP) is 0.492. The lowest BCUT2D eigenvalue weighted by molar-refractivity contribution is -0.157. The minimum atomic E-state index is -1.46. The van der Waals surface area contributed by atoms with Gasteiger partial charge in [-0.15, -0.1) is 0 Å². The van der Waals surface area contributed by atoms with Gasteiger partial charge < -0.3 is 41.7 Å². The number of carbonyl (C=O) groups is 6. The molecule has 1 aliphatic heterocycles. The van der Waals surface area contributed by atoms with Crippen LogP contribution >= 0.6 is 0 Å². The highest BCUT2D eigenvalue weighted by atomic mass is 16.5. The Hall–Kier alpha value is -3.26. The smallest absolute Gasteiger partial charge is 0.325 e. The number of esters is 1. The van der Waals surface area contributed by atoms with Crippen molar-refractivity contribution in [1.29, 1.82) is 0 Å². The van der Waals surface area contributed by atoms with Gasteiger partial charge in [-0.3, -0.25) is 28.8 Å². The molecule has 0 aromatic carbocycles. The molecular weight excluding hydrogens is 620 g/mol. The van der Waals surface area contributed by atoms with Gasteiger partial charge in [0.2, 0.25) is 29.5 Å². The highest BCUT2D eigenvalue weighted by molar-refractivity contribution is 5.96. The molecule has 7 N–H and O–H groups in total. The lowest BCUT2D eigenvalue weighted by atomic mass is 9.82. The summed E-state index contributed by atoms with van der Waals surface area (Å²) in [4.78, 5) is 82.6. The summed E-state index contributed by atoms with van der Waals surface area (Å²) in [6, 6.07) is -4.60. The Bertz CT molecular complexity index is 1150. The van der Waals surface area contributed by atoms with Gasteiger partial charge in [0.25, 0.3) is 0 Å². The monoisotopic (exact) mass is 678 g/mol. The summed E-state index contributed by atoms with van der Waals surface area (Å²) >= 11 is 0. The van der Waals surface area contributed by atoms with E-state index in [-0.39, 0.29) is 24.3 Å². The van der Waals surface area contributed by atoms with Crippen molar-refractivity contribution in [1.82, 2.24) is 26.2 Å². The van der Waals surface area contributed by atoms with Gasteiger partial charge >= 0.3 is 5.97 Å². The molecule has 3 aliphatic rings. The Morgan fingerprint density at radius 2 is 1.62 bits per heavy atom. The largest absolute Gasteiger partial charge is 0.460 e. The number of nitrogens with one attached hydrogen (secondary N) is 4. The van der Waals surface area contributed by atoms with Gasteiger partial charge in [-0.1, -0.05) is 52.9 Å². The van der Waals surface area contributed by atoms with Crippen molar-refractivity contribution in [2.24, 2.45) is 29.4 Å². The normalized spacial score (nSPS) is 33.5. The third-order valence-electron chi connectivity index (χ3n) is 10.4. The van der Waals surface area contributed by atoms with Gasteiger partial charge in [0, 0.05) is 13.6 Å². The molecule has 1 saturated heterocycles. The maximum atomic E-state index is 14.0.